The Morgan fingerprint density at radius 3 is 1.59 bits per heavy atom. The van der Waals surface area contributed by atoms with E-state index in [-0.39, 0.29) is 67.5 Å². The number of carbonyl (C=O) groups excluding carboxylic acids is 4. The number of hydrogen-bond donors (Lipinski definition) is 2. The van der Waals surface area contributed by atoms with Gasteiger partial charge in [0.1, 0.15) is 17.5 Å². The van der Waals surface area contributed by atoms with Crippen LogP contribution in [0.15, 0.2) is 0 Å². The Morgan fingerprint density at radius 1 is 0.882 bits per heavy atom. The van der Waals surface area contributed by atoms with Crippen molar-refractivity contribution < 1.29 is 53.8 Å². The van der Waals surface area contributed by atoms with Gasteiger partial charge in [0, 0.05) is 31.0 Å². The number of aldehydes is 1. The van der Waals surface area contributed by atoms with E-state index in [0.29, 0.717) is 12.8 Å². The molecule has 3 amide bonds. The molecule has 34 heavy (non-hydrogen) atoms. The molecular weight excluding hydrogens is 452 g/mol. The van der Waals surface area contributed by atoms with E-state index in [1.807, 2.05) is 41.5 Å². The third kappa shape index (κ3) is 13.6. The van der Waals surface area contributed by atoms with E-state index >= 15 is 0 Å². The largest absolute Gasteiger partial charge is 1.00 e. The van der Waals surface area contributed by atoms with Gasteiger partial charge in [0.15, 0.2) is 17.4 Å². The third-order valence-electron chi connectivity index (χ3n) is 4.88. The molecule has 0 aromatic rings. The summed E-state index contributed by atoms with van der Waals surface area (Å²) in [4.78, 5) is 49.5. The predicted octanol–water partition coefficient (Wildman–Crippen LogP) is -1.27. The molecule has 0 bridgehead atoms. The van der Waals surface area contributed by atoms with Crippen molar-refractivity contribution in [1.82, 2.24) is 15.7 Å². The van der Waals surface area contributed by atoms with E-state index in [4.69, 9.17) is 14.3 Å². The van der Waals surface area contributed by atoms with Gasteiger partial charge in [-0.05, 0) is 67.2 Å². The zero-order valence-corrected chi connectivity index (χ0v) is 21.5. The molecule has 2 aliphatic carbocycles. The molecule has 0 saturated heterocycles. The first-order valence-corrected chi connectivity index (χ1v) is 10.9. The molecule has 0 unspecified atom stereocenters. The number of alkyl carbamates (subject to hydrolysis) is 2. The van der Waals surface area contributed by atoms with Crippen molar-refractivity contribution in [3.8, 4) is 0 Å². The van der Waals surface area contributed by atoms with Crippen LogP contribution < -0.4 is 29.5 Å². The van der Waals surface area contributed by atoms with Crippen LogP contribution in [0.5, 0.6) is 0 Å². The summed E-state index contributed by atoms with van der Waals surface area (Å²) in [5.41, 5.74) is -0.961. The smallest absolute Gasteiger partial charge is 1.00 e. The van der Waals surface area contributed by atoms with Gasteiger partial charge in [0.05, 0.1) is 7.11 Å². The first-order chi connectivity index (χ1) is 14.6. The van der Waals surface area contributed by atoms with Crippen LogP contribution in [-0.4, -0.2) is 84.2 Å². The number of nitrogens with zero attached hydrogens (tertiary/aromatic N) is 1. The maximum absolute atomic E-state index is 11.7. The van der Waals surface area contributed by atoms with E-state index in [9.17, 15) is 19.2 Å². The Balaban J connectivity index is -0.000000552. The van der Waals surface area contributed by atoms with Crippen molar-refractivity contribution in [1.29, 1.82) is 0 Å². The minimum atomic E-state index is -0.501. The normalized spacial score (nSPS) is 22.9. The summed E-state index contributed by atoms with van der Waals surface area (Å²) < 4.78 is 10.2. The minimum Gasteiger partial charge on any atom is -1.00 e. The molecular formula is C22H43AlLiN3O7. The van der Waals surface area contributed by atoms with Gasteiger partial charge in [0.25, 0.3) is 0 Å². The molecule has 2 fully saturated rings. The second kappa shape index (κ2) is 15.0. The van der Waals surface area contributed by atoms with Crippen LogP contribution in [0.1, 0.15) is 68.7 Å². The summed E-state index contributed by atoms with van der Waals surface area (Å²) in [5, 5.41) is 6.68. The van der Waals surface area contributed by atoms with Gasteiger partial charge in [0.2, 0.25) is 5.91 Å². The van der Waals surface area contributed by atoms with Crippen molar-refractivity contribution in [2.45, 2.75) is 90.5 Å². The zero-order valence-electron chi connectivity index (χ0n) is 22.5. The second-order valence-electron chi connectivity index (χ2n) is 10.2. The molecule has 2 N–H and O–H groups in total. The topological polar surface area (TPSA) is 123 Å². The zero-order chi connectivity index (χ0) is 24.7. The Labute approximate surface area is 227 Å². The Bertz CT molecular complexity index is 677. The van der Waals surface area contributed by atoms with Crippen molar-refractivity contribution in [2.75, 3.05) is 14.2 Å². The summed E-state index contributed by atoms with van der Waals surface area (Å²) in [6, 6.07) is 0.124. The standard InChI is InChI=1S/C12H22N2O4.C10H17NO3.Al.Li.4H/c1-12(2,3)18-11(16)13-9-6-8(7-9)10(15)14(4)17-5;1-10(2,3)14-9(13)11-8-4-7(5-8)6-12;;;;;;/h8-9H,6-7H2,1-5H3,(H,13,16);6-8H,4-5H2,1-3H3,(H,11,13);;;;;;/q;;;+1;;;;-1. The van der Waals surface area contributed by atoms with Crippen LogP contribution in [0.3, 0.4) is 0 Å². The first kappa shape index (κ1) is 34.9. The van der Waals surface area contributed by atoms with Crippen LogP contribution in [0, 0.1) is 11.8 Å². The Hall–Kier alpha value is -1.23. The van der Waals surface area contributed by atoms with Gasteiger partial charge < -0.3 is 26.3 Å². The SMILES string of the molecule is CC(C)(C)OC(=O)NC1CC(C=O)C1.CON(C)C(=O)C1CC(NC(=O)OC(C)(C)C)C1.[AlH3].[H-].[Li+]. The molecule has 10 nitrogen and oxygen atoms in total. The Kier molecular flexibility index (Phi) is 15.4. The van der Waals surface area contributed by atoms with Gasteiger partial charge in [-0.3, -0.25) is 9.63 Å². The summed E-state index contributed by atoms with van der Waals surface area (Å²) >= 11 is 0. The molecule has 0 heterocycles. The monoisotopic (exact) mass is 495 g/mol. The van der Waals surface area contributed by atoms with Gasteiger partial charge in [-0.2, -0.15) is 0 Å². The average Bonchev–Trinajstić information content (AvgIpc) is 2.56. The number of ether oxygens (including phenoxy) is 2. The van der Waals surface area contributed by atoms with Gasteiger partial charge in [-0.15, -0.1) is 0 Å². The molecule has 0 aromatic heterocycles. The summed E-state index contributed by atoms with van der Waals surface area (Å²) in [6.07, 6.45) is 2.85. The maximum Gasteiger partial charge on any atom is 1.00 e. The molecule has 2 aliphatic rings. The van der Waals surface area contributed by atoms with Crippen LogP contribution in [-0.2, 0) is 23.9 Å². The number of hydrogen-bond acceptors (Lipinski definition) is 7. The molecule has 0 aromatic carbocycles. The van der Waals surface area contributed by atoms with Gasteiger partial charge in [-0.1, -0.05) is 0 Å². The van der Waals surface area contributed by atoms with Crippen LogP contribution in [0.4, 0.5) is 9.59 Å². The maximum atomic E-state index is 11.7. The molecule has 0 radical (unpaired) electrons. The quantitative estimate of drug-likeness (QED) is 0.277. The average molecular weight is 496 g/mol. The van der Waals surface area contributed by atoms with E-state index in [1.54, 1.807) is 7.05 Å². The number of rotatable bonds is 5. The summed E-state index contributed by atoms with van der Waals surface area (Å²) in [5.74, 6) is -0.00966. The number of amides is 3. The van der Waals surface area contributed by atoms with Gasteiger partial charge >= 0.3 is 31.0 Å². The predicted molar refractivity (Wildman–Crippen MR) is 129 cm³/mol. The summed E-state index contributed by atoms with van der Waals surface area (Å²) in [6.45, 7) is 10.9. The molecule has 2 saturated carbocycles. The van der Waals surface area contributed by atoms with Crippen molar-refractivity contribution in [3.05, 3.63) is 0 Å². The number of nitrogens with one attached hydrogen (secondary N) is 2. The molecule has 2 rings (SSSR count). The van der Waals surface area contributed by atoms with E-state index in [2.05, 4.69) is 10.6 Å². The van der Waals surface area contributed by atoms with Crippen molar-refractivity contribution in [3.63, 3.8) is 0 Å². The fraction of sp³-hybridized carbons (Fsp3) is 0.818. The molecule has 0 spiro atoms. The van der Waals surface area contributed by atoms with Crippen molar-refractivity contribution >= 4 is 41.7 Å². The van der Waals surface area contributed by atoms with Crippen LogP contribution in [0.2, 0.25) is 0 Å². The van der Waals surface area contributed by atoms with E-state index in [0.717, 1.165) is 19.1 Å². The fourth-order valence-electron chi connectivity index (χ4n) is 3.12. The molecule has 192 valence electrons. The summed E-state index contributed by atoms with van der Waals surface area (Å²) in [7, 11) is 3.03. The Morgan fingerprint density at radius 2 is 1.26 bits per heavy atom. The van der Waals surface area contributed by atoms with Crippen LogP contribution in [0.25, 0.3) is 0 Å². The minimum absolute atomic E-state index is 0. The number of carbonyl (C=O) groups is 4. The molecule has 12 heteroatoms. The molecule has 0 atom stereocenters. The second-order valence-corrected chi connectivity index (χ2v) is 10.2. The third-order valence-corrected chi connectivity index (χ3v) is 4.88. The molecule has 0 aliphatic heterocycles. The first-order valence-electron chi connectivity index (χ1n) is 10.9. The van der Waals surface area contributed by atoms with E-state index < -0.39 is 23.4 Å². The fourth-order valence-corrected chi connectivity index (χ4v) is 3.12. The van der Waals surface area contributed by atoms with E-state index in [1.165, 1.54) is 12.2 Å². The van der Waals surface area contributed by atoms with Gasteiger partial charge in [-0.25, -0.2) is 14.7 Å². The number of hydroxylamine groups is 2. The van der Waals surface area contributed by atoms with Crippen molar-refractivity contribution in [2.24, 2.45) is 11.8 Å². The van der Waals surface area contributed by atoms with Crippen LogP contribution >= 0.6 is 0 Å².